The Morgan fingerprint density at radius 2 is 2.05 bits per heavy atom. The van der Waals surface area contributed by atoms with Gasteiger partial charge in [0, 0.05) is 13.1 Å². The zero-order valence-corrected chi connectivity index (χ0v) is 13.4. The Morgan fingerprint density at radius 1 is 1.43 bits per heavy atom. The minimum absolute atomic E-state index is 0.0202. The third-order valence-corrected chi connectivity index (χ3v) is 3.19. The molecule has 1 amide bonds. The maximum Gasteiger partial charge on any atom is 0.300 e. The quantitative estimate of drug-likeness (QED) is 0.647. The van der Waals surface area contributed by atoms with Crippen molar-refractivity contribution in [2.75, 3.05) is 27.2 Å². The zero-order chi connectivity index (χ0) is 16.2. The van der Waals surface area contributed by atoms with Crippen molar-refractivity contribution in [3.8, 4) is 0 Å². The number of hydrogen-bond acceptors (Lipinski definition) is 4. The molecular formula is C14H20ClN3O3. The number of benzene rings is 1. The van der Waals surface area contributed by atoms with E-state index >= 15 is 0 Å². The molecule has 0 bridgehead atoms. The fourth-order valence-corrected chi connectivity index (χ4v) is 2.45. The Bertz CT molecular complexity index is 544. The molecule has 0 fully saturated rings. The van der Waals surface area contributed by atoms with Gasteiger partial charge in [0.2, 0.25) is 0 Å². The number of nitro benzene ring substituents is 1. The summed E-state index contributed by atoms with van der Waals surface area (Å²) >= 11 is 5.80. The van der Waals surface area contributed by atoms with Gasteiger partial charge in [-0.1, -0.05) is 31.5 Å². The summed E-state index contributed by atoms with van der Waals surface area (Å²) in [7, 11) is 3.90. The van der Waals surface area contributed by atoms with Crippen LogP contribution in [-0.2, 0) is 0 Å². The second-order valence-electron chi connectivity index (χ2n) is 5.98. The van der Waals surface area contributed by atoms with Gasteiger partial charge in [-0.05, 0) is 31.6 Å². The van der Waals surface area contributed by atoms with Crippen LogP contribution in [0.15, 0.2) is 18.2 Å². The van der Waals surface area contributed by atoms with Crippen LogP contribution in [0.4, 0.5) is 5.69 Å². The topological polar surface area (TPSA) is 75.5 Å². The summed E-state index contributed by atoms with van der Waals surface area (Å²) in [6, 6.07) is 4.32. The minimum Gasteiger partial charge on any atom is -0.351 e. The molecule has 7 heteroatoms. The Morgan fingerprint density at radius 3 is 2.57 bits per heavy atom. The zero-order valence-electron chi connectivity index (χ0n) is 12.6. The summed E-state index contributed by atoms with van der Waals surface area (Å²) in [4.78, 5) is 24.6. The van der Waals surface area contributed by atoms with Gasteiger partial charge in [0.05, 0.1) is 4.92 Å². The largest absolute Gasteiger partial charge is 0.351 e. The molecule has 0 spiro atoms. The van der Waals surface area contributed by atoms with Gasteiger partial charge in [-0.2, -0.15) is 0 Å². The van der Waals surface area contributed by atoms with Crippen molar-refractivity contribution in [1.29, 1.82) is 0 Å². The lowest BCUT2D eigenvalue weighted by Crippen LogP contribution is -2.40. The Kier molecular flexibility index (Phi) is 5.69. The molecule has 116 valence electrons. The molecule has 0 saturated heterocycles. The van der Waals surface area contributed by atoms with E-state index in [-0.39, 0.29) is 21.7 Å². The first kappa shape index (κ1) is 17.4. The van der Waals surface area contributed by atoms with E-state index < -0.39 is 10.8 Å². The van der Waals surface area contributed by atoms with Crippen LogP contribution in [0.25, 0.3) is 0 Å². The molecule has 1 aromatic carbocycles. The van der Waals surface area contributed by atoms with Gasteiger partial charge in [0.25, 0.3) is 5.91 Å². The van der Waals surface area contributed by atoms with Crippen LogP contribution in [-0.4, -0.2) is 42.9 Å². The Labute approximate surface area is 129 Å². The van der Waals surface area contributed by atoms with Crippen LogP contribution in [0, 0.1) is 15.5 Å². The fraction of sp³-hybridized carbons (Fsp3) is 0.500. The van der Waals surface area contributed by atoms with Gasteiger partial charge >= 0.3 is 5.69 Å². The highest BCUT2D eigenvalue weighted by Gasteiger charge is 2.25. The van der Waals surface area contributed by atoms with E-state index in [9.17, 15) is 14.9 Å². The summed E-state index contributed by atoms with van der Waals surface area (Å²) < 4.78 is 0. The molecule has 0 aliphatic heterocycles. The molecule has 0 aromatic heterocycles. The molecule has 0 atom stereocenters. The van der Waals surface area contributed by atoms with Crippen molar-refractivity contribution in [2.24, 2.45) is 5.41 Å². The number of nitro groups is 1. The van der Waals surface area contributed by atoms with E-state index in [1.165, 1.54) is 18.2 Å². The maximum atomic E-state index is 12.2. The van der Waals surface area contributed by atoms with E-state index in [4.69, 9.17) is 11.6 Å². The lowest BCUT2D eigenvalue weighted by atomic mass is 9.93. The Balaban J connectivity index is 2.87. The molecule has 0 aliphatic carbocycles. The fourth-order valence-electron chi connectivity index (χ4n) is 2.21. The molecule has 0 aliphatic rings. The van der Waals surface area contributed by atoms with Crippen LogP contribution in [0.5, 0.6) is 0 Å². The number of carbonyl (C=O) groups excluding carboxylic acids is 1. The first-order chi connectivity index (χ1) is 9.64. The molecule has 21 heavy (non-hydrogen) atoms. The first-order valence-electron chi connectivity index (χ1n) is 6.50. The molecular weight excluding hydrogens is 294 g/mol. The number of nitrogens with zero attached hydrogens (tertiary/aromatic N) is 2. The highest BCUT2D eigenvalue weighted by Crippen LogP contribution is 2.28. The van der Waals surface area contributed by atoms with Gasteiger partial charge in [0.15, 0.2) is 0 Å². The molecule has 1 N–H and O–H groups in total. The van der Waals surface area contributed by atoms with Crippen molar-refractivity contribution in [3.63, 3.8) is 0 Å². The molecule has 0 radical (unpaired) electrons. The predicted octanol–water partition coefficient (Wildman–Crippen LogP) is 2.57. The standard InChI is InChI=1S/C14H20ClN3O3/c1-14(2,9-17(3)4)8-16-13(19)10-6-5-7-11(15)12(10)18(20)21/h5-7H,8-9H2,1-4H3,(H,16,19). The summed E-state index contributed by atoms with van der Waals surface area (Å²) in [6.45, 7) is 5.22. The van der Waals surface area contributed by atoms with E-state index in [0.29, 0.717) is 6.54 Å². The lowest BCUT2D eigenvalue weighted by molar-refractivity contribution is -0.385. The number of rotatable bonds is 6. The molecule has 6 nitrogen and oxygen atoms in total. The van der Waals surface area contributed by atoms with E-state index in [1.54, 1.807) is 0 Å². The van der Waals surface area contributed by atoms with Crippen LogP contribution < -0.4 is 5.32 Å². The van der Waals surface area contributed by atoms with E-state index in [0.717, 1.165) is 6.54 Å². The van der Waals surface area contributed by atoms with E-state index in [1.807, 2.05) is 32.8 Å². The molecule has 0 heterocycles. The number of para-hydroxylation sites is 1. The smallest absolute Gasteiger partial charge is 0.300 e. The Hall–Kier alpha value is -1.66. The van der Waals surface area contributed by atoms with Crippen LogP contribution >= 0.6 is 11.6 Å². The maximum absolute atomic E-state index is 12.2. The van der Waals surface area contributed by atoms with Crippen molar-refractivity contribution in [2.45, 2.75) is 13.8 Å². The second-order valence-corrected chi connectivity index (χ2v) is 6.38. The van der Waals surface area contributed by atoms with Crippen LogP contribution in [0.2, 0.25) is 5.02 Å². The number of halogens is 1. The molecule has 1 aromatic rings. The number of carbonyl (C=O) groups is 1. The van der Waals surface area contributed by atoms with Gasteiger partial charge < -0.3 is 10.2 Å². The summed E-state index contributed by atoms with van der Waals surface area (Å²) in [5.41, 5.74) is -0.526. The van der Waals surface area contributed by atoms with Crippen LogP contribution in [0.3, 0.4) is 0 Å². The highest BCUT2D eigenvalue weighted by atomic mass is 35.5. The number of nitrogens with one attached hydrogen (secondary N) is 1. The predicted molar refractivity (Wildman–Crippen MR) is 82.8 cm³/mol. The number of hydrogen-bond donors (Lipinski definition) is 1. The molecule has 0 unspecified atom stereocenters. The summed E-state index contributed by atoms with van der Waals surface area (Å²) in [5.74, 6) is -0.490. The monoisotopic (exact) mass is 313 g/mol. The first-order valence-corrected chi connectivity index (χ1v) is 6.88. The van der Waals surface area contributed by atoms with Crippen molar-refractivity contribution >= 4 is 23.2 Å². The molecule has 1 rings (SSSR count). The van der Waals surface area contributed by atoms with Gasteiger partial charge in [-0.25, -0.2) is 0 Å². The van der Waals surface area contributed by atoms with Crippen LogP contribution in [0.1, 0.15) is 24.2 Å². The highest BCUT2D eigenvalue weighted by molar-refractivity contribution is 6.33. The van der Waals surface area contributed by atoms with Gasteiger partial charge in [0.1, 0.15) is 10.6 Å². The molecule has 0 saturated carbocycles. The normalized spacial score (nSPS) is 11.5. The van der Waals surface area contributed by atoms with Gasteiger partial charge in [-0.15, -0.1) is 0 Å². The second kappa shape index (κ2) is 6.87. The van der Waals surface area contributed by atoms with Crippen molar-refractivity contribution in [1.82, 2.24) is 10.2 Å². The van der Waals surface area contributed by atoms with Crippen molar-refractivity contribution in [3.05, 3.63) is 38.9 Å². The average molecular weight is 314 g/mol. The van der Waals surface area contributed by atoms with E-state index in [2.05, 4.69) is 5.32 Å². The summed E-state index contributed by atoms with van der Waals surface area (Å²) in [6.07, 6.45) is 0. The third kappa shape index (κ3) is 4.99. The summed E-state index contributed by atoms with van der Waals surface area (Å²) in [5, 5.41) is 13.7. The number of amides is 1. The minimum atomic E-state index is -0.637. The van der Waals surface area contributed by atoms with Gasteiger partial charge in [-0.3, -0.25) is 14.9 Å². The third-order valence-electron chi connectivity index (χ3n) is 2.89. The van der Waals surface area contributed by atoms with Crippen molar-refractivity contribution < 1.29 is 9.72 Å². The SMILES string of the molecule is CN(C)CC(C)(C)CNC(=O)c1cccc(Cl)c1[N+](=O)[O-]. The average Bonchev–Trinajstić information content (AvgIpc) is 2.33. The lowest BCUT2D eigenvalue weighted by Gasteiger charge is -2.28.